The molecule has 0 atom stereocenters. The molecule has 2 aromatic rings. The second-order valence-corrected chi connectivity index (χ2v) is 4.97. The Bertz CT molecular complexity index is 638. The topological polar surface area (TPSA) is 48.1 Å². The lowest BCUT2D eigenvalue weighted by Gasteiger charge is -2.11. The van der Waals surface area contributed by atoms with Gasteiger partial charge in [0.2, 0.25) is 5.88 Å². The molecule has 0 spiro atoms. The molecule has 0 aliphatic heterocycles. The molecule has 4 heteroatoms. The van der Waals surface area contributed by atoms with Crippen molar-refractivity contribution in [2.45, 2.75) is 20.8 Å². The first-order chi connectivity index (χ1) is 8.97. The van der Waals surface area contributed by atoms with Gasteiger partial charge >= 0.3 is 0 Å². The molecule has 1 aromatic carbocycles. The normalized spacial score (nSPS) is 10.3. The summed E-state index contributed by atoms with van der Waals surface area (Å²) in [5.41, 5.74) is 9.59. The molecule has 0 unspecified atom stereocenters. The summed E-state index contributed by atoms with van der Waals surface area (Å²) in [6, 6.07) is 9.51. The predicted octanol–water partition coefficient (Wildman–Crippen LogP) is 3.43. The van der Waals surface area contributed by atoms with Crippen molar-refractivity contribution in [1.29, 1.82) is 0 Å². The van der Waals surface area contributed by atoms with Crippen molar-refractivity contribution in [3.8, 4) is 11.6 Å². The van der Waals surface area contributed by atoms with Gasteiger partial charge in [-0.1, -0.05) is 24.4 Å². The number of nitrogens with zero attached hydrogens (tertiary/aromatic N) is 1. The van der Waals surface area contributed by atoms with Crippen LogP contribution < -0.4 is 10.5 Å². The first-order valence-electron chi connectivity index (χ1n) is 6.00. The fraction of sp³-hybridized carbons (Fsp3) is 0.200. The monoisotopic (exact) mass is 272 g/mol. The largest absolute Gasteiger partial charge is 0.439 e. The number of hydrogen-bond donors (Lipinski definition) is 1. The highest BCUT2D eigenvalue weighted by atomic mass is 32.1. The number of rotatable bonds is 3. The molecule has 0 fully saturated rings. The van der Waals surface area contributed by atoms with Gasteiger partial charge in [0.25, 0.3) is 0 Å². The highest BCUT2D eigenvalue weighted by molar-refractivity contribution is 7.80. The van der Waals surface area contributed by atoms with Gasteiger partial charge in [0.15, 0.2) is 0 Å². The van der Waals surface area contributed by atoms with E-state index in [2.05, 4.69) is 18.0 Å². The van der Waals surface area contributed by atoms with E-state index in [0.717, 1.165) is 16.9 Å². The first kappa shape index (κ1) is 13.5. The summed E-state index contributed by atoms with van der Waals surface area (Å²) in [4.78, 5) is 4.55. The molecule has 1 heterocycles. The molecule has 19 heavy (non-hydrogen) atoms. The number of nitrogens with two attached hydrogens (primary N) is 1. The van der Waals surface area contributed by atoms with E-state index in [0.29, 0.717) is 11.6 Å². The standard InChI is InChI=1S/C15H16N2OS/c1-9-7-10(2)11(3)13(8-9)18-14-6-4-5-12(17-14)15(16)19/h4-8H,1-3H3,(H2,16,19). The first-order valence-corrected chi connectivity index (χ1v) is 6.41. The third kappa shape index (κ3) is 3.09. The quantitative estimate of drug-likeness (QED) is 0.870. The number of ether oxygens (including phenoxy) is 1. The molecular weight excluding hydrogens is 256 g/mol. The average Bonchev–Trinajstić information content (AvgIpc) is 2.35. The van der Waals surface area contributed by atoms with Crippen LogP contribution in [0.2, 0.25) is 0 Å². The van der Waals surface area contributed by atoms with E-state index in [1.54, 1.807) is 12.1 Å². The maximum absolute atomic E-state index is 5.84. The Hall–Kier alpha value is -1.94. The van der Waals surface area contributed by atoms with Crippen LogP contribution >= 0.6 is 12.2 Å². The summed E-state index contributed by atoms with van der Waals surface area (Å²) in [6.45, 7) is 6.13. The zero-order valence-electron chi connectivity index (χ0n) is 11.2. The molecule has 98 valence electrons. The fourth-order valence-electron chi connectivity index (χ4n) is 1.83. The Balaban J connectivity index is 2.36. The van der Waals surface area contributed by atoms with Crippen molar-refractivity contribution in [3.05, 3.63) is 52.7 Å². The SMILES string of the molecule is Cc1cc(C)c(C)c(Oc2cccc(C(N)=S)n2)c1. The Kier molecular flexibility index (Phi) is 3.81. The minimum absolute atomic E-state index is 0.266. The Morgan fingerprint density at radius 2 is 1.95 bits per heavy atom. The molecule has 3 nitrogen and oxygen atoms in total. The van der Waals surface area contributed by atoms with Gasteiger partial charge in [-0.2, -0.15) is 0 Å². The second kappa shape index (κ2) is 5.36. The van der Waals surface area contributed by atoms with Crippen LogP contribution in [0, 0.1) is 20.8 Å². The summed E-state index contributed by atoms with van der Waals surface area (Å²) in [6.07, 6.45) is 0. The van der Waals surface area contributed by atoms with Crippen LogP contribution in [0.15, 0.2) is 30.3 Å². The highest BCUT2D eigenvalue weighted by Gasteiger charge is 2.07. The van der Waals surface area contributed by atoms with Gasteiger partial charge in [-0.3, -0.25) is 0 Å². The van der Waals surface area contributed by atoms with E-state index in [9.17, 15) is 0 Å². The smallest absolute Gasteiger partial charge is 0.219 e. The minimum atomic E-state index is 0.266. The molecule has 0 saturated heterocycles. The van der Waals surface area contributed by atoms with Crippen LogP contribution in [-0.2, 0) is 0 Å². The molecule has 0 saturated carbocycles. The summed E-state index contributed by atoms with van der Waals surface area (Å²) in [7, 11) is 0. The molecule has 0 aliphatic rings. The average molecular weight is 272 g/mol. The van der Waals surface area contributed by atoms with E-state index in [1.807, 2.05) is 26.0 Å². The third-order valence-electron chi connectivity index (χ3n) is 2.95. The van der Waals surface area contributed by atoms with Crippen LogP contribution in [0.1, 0.15) is 22.4 Å². The Morgan fingerprint density at radius 1 is 1.21 bits per heavy atom. The van der Waals surface area contributed by atoms with Crippen molar-refractivity contribution < 1.29 is 4.74 Å². The number of benzene rings is 1. The fourth-order valence-corrected chi connectivity index (χ4v) is 1.94. The van der Waals surface area contributed by atoms with Crippen LogP contribution in [0.5, 0.6) is 11.6 Å². The second-order valence-electron chi connectivity index (χ2n) is 4.53. The number of aromatic nitrogens is 1. The molecule has 0 aliphatic carbocycles. The summed E-state index contributed by atoms with van der Waals surface area (Å²) in [5.74, 6) is 1.31. The molecule has 0 amide bonds. The Morgan fingerprint density at radius 3 is 2.63 bits per heavy atom. The lowest BCUT2D eigenvalue weighted by Crippen LogP contribution is -2.11. The predicted molar refractivity (Wildman–Crippen MR) is 80.9 cm³/mol. The van der Waals surface area contributed by atoms with E-state index < -0.39 is 0 Å². The lowest BCUT2D eigenvalue weighted by atomic mass is 10.1. The van der Waals surface area contributed by atoms with E-state index in [1.165, 1.54) is 5.56 Å². The Labute approximate surface area is 118 Å². The van der Waals surface area contributed by atoms with Gasteiger partial charge in [-0.05, 0) is 49.6 Å². The van der Waals surface area contributed by atoms with Crippen molar-refractivity contribution in [2.24, 2.45) is 5.73 Å². The van der Waals surface area contributed by atoms with Crippen molar-refractivity contribution in [2.75, 3.05) is 0 Å². The molecule has 1 aromatic heterocycles. The molecule has 0 radical (unpaired) electrons. The lowest BCUT2D eigenvalue weighted by molar-refractivity contribution is 0.458. The van der Waals surface area contributed by atoms with Crippen LogP contribution in [0.25, 0.3) is 0 Å². The van der Waals surface area contributed by atoms with Gasteiger partial charge < -0.3 is 10.5 Å². The van der Waals surface area contributed by atoms with Crippen LogP contribution in [0.4, 0.5) is 0 Å². The van der Waals surface area contributed by atoms with E-state index in [4.69, 9.17) is 22.7 Å². The molecule has 2 N–H and O–H groups in total. The maximum atomic E-state index is 5.84. The van der Waals surface area contributed by atoms with Gasteiger partial charge in [0.05, 0.1) is 0 Å². The summed E-state index contributed by atoms with van der Waals surface area (Å²) in [5, 5.41) is 0. The van der Waals surface area contributed by atoms with Crippen molar-refractivity contribution >= 4 is 17.2 Å². The van der Waals surface area contributed by atoms with Crippen molar-refractivity contribution in [1.82, 2.24) is 4.98 Å². The molecule has 0 bridgehead atoms. The van der Waals surface area contributed by atoms with E-state index in [-0.39, 0.29) is 4.99 Å². The number of thiocarbonyl (C=S) groups is 1. The summed E-state index contributed by atoms with van der Waals surface area (Å²) < 4.78 is 5.84. The number of hydrogen-bond acceptors (Lipinski definition) is 3. The molecular formula is C15H16N2OS. The van der Waals surface area contributed by atoms with Crippen molar-refractivity contribution in [3.63, 3.8) is 0 Å². The number of pyridine rings is 1. The zero-order valence-corrected chi connectivity index (χ0v) is 12.0. The van der Waals surface area contributed by atoms with E-state index >= 15 is 0 Å². The van der Waals surface area contributed by atoms with Crippen LogP contribution in [0.3, 0.4) is 0 Å². The third-order valence-corrected chi connectivity index (χ3v) is 3.16. The number of aryl methyl sites for hydroxylation is 2. The van der Waals surface area contributed by atoms with Gasteiger partial charge in [-0.15, -0.1) is 0 Å². The van der Waals surface area contributed by atoms with Crippen LogP contribution in [-0.4, -0.2) is 9.97 Å². The van der Waals surface area contributed by atoms with Gasteiger partial charge in [0.1, 0.15) is 16.4 Å². The molecule has 2 rings (SSSR count). The zero-order chi connectivity index (χ0) is 14.0. The maximum Gasteiger partial charge on any atom is 0.219 e. The van der Waals surface area contributed by atoms with Gasteiger partial charge in [0, 0.05) is 6.07 Å². The minimum Gasteiger partial charge on any atom is -0.439 e. The van der Waals surface area contributed by atoms with Gasteiger partial charge in [-0.25, -0.2) is 4.98 Å². The summed E-state index contributed by atoms with van der Waals surface area (Å²) >= 11 is 4.91. The highest BCUT2D eigenvalue weighted by Crippen LogP contribution is 2.27.